The molecule has 5 nitrogen and oxygen atoms in total. The van der Waals surface area contributed by atoms with Crippen LogP contribution in [0.1, 0.15) is 45.6 Å². The second-order valence-electron chi connectivity index (χ2n) is 9.01. The molecular weight excluding hydrogens is 412 g/mol. The zero-order valence-electron chi connectivity index (χ0n) is 19.2. The van der Waals surface area contributed by atoms with E-state index in [1.807, 2.05) is 80.5 Å². The number of carbonyl (C=O) groups is 2. The molecule has 0 N–H and O–H groups in total. The Kier molecular flexibility index (Phi) is 5.20. The van der Waals surface area contributed by atoms with E-state index >= 15 is 0 Å². The molecule has 1 aliphatic heterocycles. The van der Waals surface area contributed by atoms with Crippen molar-refractivity contribution in [2.24, 2.45) is 0 Å². The third kappa shape index (κ3) is 3.22. The Labute approximate surface area is 194 Å². The minimum atomic E-state index is -0.970. The van der Waals surface area contributed by atoms with E-state index in [0.717, 1.165) is 27.9 Å². The first-order chi connectivity index (χ1) is 16.0. The SMILES string of the molecule is CCOC(=O)[C@]12Cc3cc(N(C)C)ccc3C1N(Cc1ccccc1)C(=O)c1ccccc12. The summed E-state index contributed by atoms with van der Waals surface area (Å²) in [4.78, 5) is 31.5. The molecule has 1 amide bonds. The quantitative estimate of drug-likeness (QED) is 0.548. The highest BCUT2D eigenvalue weighted by atomic mass is 16.5. The number of fused-ring (bicyclic) bond motifs is 5. The zero-order chi connectivity index (χ0) is 23.2. The maximum Gasteiger partial charge on any atom is 0.319 e. The highest BCUT2D eigenvalue weighted by Crippen LogP contribution is 2.56. The van der Waals surface area contributed by atoms with Gasteiger partial charge in [-0.1, -0.05) is 54.6 Å². The van der Waals surface area contributed by atoms with Crippen molar-refractivity contribution in [3.8, 4) is 0 Å². The maximum atomic E-state index is 13.8. The molecule has 0 spiro atoms. The molecular formula is C28H28N2O3. The van der Waals surface area contributed by atoms with Crippen LogP contribution in [-0.4, -0.2) is 37.5 Å². The topological polar surface area (TPSA) is 49.9 Å². The van der Waals surface area contributed by atoms with Crippen LogP contribution in [-0.2, 0) is 27.9 Å². The van der Waals surface area contributed by atoms with E-state index in [-0.39, 0.29) is 11.9 Å². The molecule has 0 saturated carbocycles. The summed E-state index contributed by atoms with van der Waals surface area (Å²) in [6.07, 6.45) is 0.503. The summed E-state index contributed by atoms with van der Waals surface area (Å²) in [6.45, 7) is 2.55. The Bertz CT molecular complexity index is 1220. The number of benzene rings is 3. The lowest BCUT2D eigenvalue weighted by atomic mass is 9.69. The largest absolute Gasteiger partial charge is 0.465 e. The van der Waals surface area contributed by atoms with Crippen molar-refractivity contribution < 1.29 is 14.3 Å². The van der Waals surface area contributed by atoms with E-state index in [0.29, 0.717) is 25.1 Å². The van der Waals surface area contributed by atoms with Crippen LogP contribution in [0.3, 0.4) is 0 Å². The number of hydrogen-bond donors (Lipinski definition) is 0. The first-order valence-corrected chi connectivity index (χ1v) is 11.4. The van der Waals surface area contributed by atoms with E-state index in [9.17, 15) is 9.59 Å². The Hall–Kier alpha value is -3.60. The number of esters is 1. The van der Waals surface area contributed by atoms with Gasteiger partial charge in [-0.3, -0.25) is 9.59 Å². The summed E-state index contributed by atoms with van der Waals surface area (Å²) in [7, 11) is 4.01. The van der Waals surface area contributed by atoms with Crippen molar-refractivity contribution in [1.82, 2.24) is 4.90 Å². The number of amides is 1. The Balaban J connectivity index is 1.75. The van der Waals surface area contributed by atoms with Gasteiger partial charge in [0.25, 0.3) is 5.91 Å². The first-order valence-electron chi connectivity index (χ1n) is 11.4. The molecule has 0 aromatic heterocycles. The summed E-state index contributed by atoms with van der Waals surface area (Å²) in [5, 5.41) is 0. The van der Waals surface area contributed by atoms with Crippen molar-refractivity contribution >= 4 is 17.6 Å². The predicted molar refractivity (Wildman–Crippen MR) is 128 cm³/mol. The molecule has 33 heavy (non-hydrogen) atoms. The van der Waals surface area contributed by atoms with Crippen LogP contribution in [0.15, 0.2) is 72.8 Å². The fourth-order valence-corrected chi connectivity index (χ4v) is 5.46. The minimum Gasteiger partial charge on any atom is -0.465 e. The van der Waals surface area contributed by atoms with Gasteiger partial charge in [-0.05, 0) is 53.8 Å². The Morgan fingerprint density at radius 2 is 1.79 bits per heavy atom. The van der Waals surface area contributed by atoms with Crippen molar-refractivity contribution in [2.45, 2.75) is 31.3 Å². The molecule has 1 aliphatic carbocycles. The van der Waals surface area contributed by atoms with E-state index < -0.39 is 11.5 Å². The first kappa shape index (κ1) is 21.3. The third-order valence-electron chi connectivity index (χ3n) is 6.92. The van der Waals surface area contributed by atoms with Crippen LogP contribution in [0.5, 0.6) is 0 Å². The van der Waals surface area contributed by atoms with Crippen LogP contribution < -0.4 is 4.90 Å². The van der Waals surface area contributed by atoms with Gasteiger partial charge < -0.3 is 14.5 Å². The van der Waals surface area contributed by atoms with E-state index in [2.05, 4.69) is 23.1 Å². The molecule has 2 atom stereocenters. The van der Waals surface area contributed by atoms with Crippen LogP contribution in [0.4, 0.5) is 5.69 Å². The molecule has 0 fully saturated rings. The van der Waals surface area contributed by atoms with Gasteiger partial charge in [0.15, 0.2) is 0 Å². The lowest BCUT2D eigenvalue weighted by molar-refractivity contribution is -0.153. The molecule has 168 valence electrons. The fraction of sp³-hybridized carbons (Fsp3) is 0.286. The number of anilines is 1. The molecule has 2 aliphatic rings. The van der Waals surface area contributed by atoms with E-state index in [4.69, 9.17) is 4.74 Å². The molecule has 1 unspecified atom stereocenters. The number of rotatable bonds is 5. The second-order valence-corrected chi connectivity index (χ2v) is 9.01. The summed E-state index contributed by atoms with van der Waals surface area (Å²) >= 11 is 0. The lowest BCUT2D eigenvalue weighted by Crippen LogP contribution is -2.54. The average Bonchev–Trinajstić information content (AvgIpc) is 3.18. The molecule has 1 heterocycles. The minimum absolute atomic E-state index is 0.0519. The highest BCUT2D eigenvalue weighted by Gasteiger charge is 2.61. The average molecular weight is 441 g/mol. The normalized spacial score (nSPS) is 20.6. The Morgan fingerprint density at radius 1 is 1.06 bits per heavy atom. The van der Waals surface area contributed by atoms with Crippen LogP contribution in [0.25, 0.3) is 0 Å². The molecule has 3 aromatic carbocycles. The standard InChI is InChI=1S/C28H28N2O3/c1-4-33-27(32)28-17-20-16-21(29(2)3)14-15-22(20)25(28)30(18-19-10-6-5-7-11-19)26(31)23-12-8-9-13-24(23)28/h5-16,25H,4,17-18H2,1-3H3/t25?,28-/m0/s1. The number of ether oxygens (including phenoxy) is 1. The van der Waals surface area contributed by atoms with E-state index in [1.165, 1.54) is 0 Å². The van der Waals surface area contributed by atoms with Gasteiger partial charge in [0, 0.05) is 31.9 Å². The van der Waals surface area contributed by atoms with Crippen LogP contribution in [0.2, 0.25) is 0 Å². The van der Waals surface area contributed by atoms with Gasteiger partial charge in [0.2, 0.25) is 0 Å². The van der Waals surface area contributed by atoms with Crippen LogP contribution >= 0.6 is 0 Å². The molecule has 5 rings (SSSR count). The number of hydrogen-bond acceptors (Lipinski definition) is 4. The number of carbonyl (C=O) groups excluding carboxylic acids is 2. The van der Waals surface area contributed by atoms with Gasteiger partial charge in [-0.25, -0.2) is 0 Å². The monoisotopic (exact) mass is 440 g/mol. The second kappa shape index (κ2) is 8.07. The predicted octanol–water partition coefficient (Wildman–Crippen LogP) is 4.51. The third-order valence-corrected chi connectivity index (χ3v) is 6.92. The van der Waals surface area contributed by atoms with Gasteiger partial charge in [0.1, 0.15) is 5.41 Å². The molecule has 3 aromatic rings. The highest BCUT2D eigenvalue weighted by molar-refractivity contribution is 6.03. The van der Waals surface area contributed by atoms with Gasteiger partial charge >= 0.3 is 5.97 Å². The van der Waals surface area contributed by atoms with Crippen LogP contribution in [0, 0.1) is 0 Å². The van der Waals surface area contributed by atoms with E-state index in [1.54, 1.807) is 0 Å². The lowest BCUT2D eigenvalue weighted by Gasteiger charge is -2.45. The van der Waals surface area contributed by atoms with Crippen molar-refractivity contribution in [1.29, 1.82) is 0 Å². The van der Waals surface area contributed by atoms with Crippen molar-refractivity contribution in [3.63, 3.8) is 0 Å². The number of nitrogens with zero attached hydrogens (tertiary/aromatic N) is 2. The van der Waals surface area contributed by atoms with Gasteiger partial charge in [-0.15, -0.1) is 0 Å². The van der Waals surface area contributed by atoms with Gasteiger partial charge in [0.05, 0.1) is 12.6 Å². The molecule has 0 bridgehead atoms. The molecule has 5 heteroatoms. The van der Waals surface area contributed by atoms with Crippen molar-refractivity contribution in [3.05, 3.63) is 101 Å². The van der Waals surface area contributed by atoms with Crippen molar-refractivity contribution in [2.75, 3.05) is 25.6 Å². The Morgan fingerprint density at radius 3 is 2.52 bits per heavy atom. The van der Waals surface area contributed by atoms with Gasteiger partial charge in [-0.2, -0.15) is 0 Å². The maximum absolute atomic E-state index is 13.8. The smallest absolute Gasteiger partial charge is 0.319 e. The summed E-state index contributed by atoms with van der Waals surface area (Å²) in [6, 6.07) is 23.3. The molecule has 0 radical (unpaired) electrons. The molecule has 0 saturated heterocycles. The summed E-state index contributed by atoms with van der Waals surface area (Å²) in [5.74, 6) is -0.320. The summed E-state index contributed by atoms with van der Waals surface area (Å²) in [5.41, 5.74) is 4.59. The fourth-order valence-electron chi connectivity index (χ4n) is 5.46. The summed E-state index contributed by atoms with van der Waals surface area (Å²) < 4.78 is 5.70. The zero-order valence-corrected chi connectivity index (χ0v) is 19.2.